The molecular formula is C18H9F2N3O6. The Morgan fingerprint density at radius 1 is 1.17 bits per heavy atom. The number of non-ortho nitro benzene ring substituents is 1. The molecule has 0 aliphatic heterocycles. The molecule has 2 aromatic heterocycles. The van der Waals surface area contributed by atoms with Gasteiger partial charge in [0.1, 0.15) is 5.69 Å². The van der Waals surface area contributed by atoms with Crippen molar-refractivity contribution in [2.45, 2.75) is 6.61 Å². The first kappa shape index (κ1) is 18.2. The maximum atomic E-state index is 12.8. The molecule has 0 fully saturated rings. The predicted octanol–water partition coefficient (Wildman–Crippen LogP) is 4.25. The van der Waals surface area contributed by atoms with E-state index in [2.05, 4.69) is 14.9 Å². The lowest BCUT2D eigenvalue weighted by atomic mass is 10.0. The van der Waals surface area contributed by atoms with Crippen LogP contribution >= 0.6 is 0 Å². The van der Waals surface area contributed by atoms with Crippen LogP contribution in [-0.2, 0) is 0 Å². The molecule has 1 N–H and O–H groups in total. The number of aromatic nitrogens is 2. The standard InChI is InChI=1S/C18H9F2N3O6/c19-18(20)29-11-6-5-10(17(24)25)13-14-12(28-16(11)13)7-21-22-15(14)8-1-3-9(4-2-8)23(26)27/h1-7,18H,(H,24,25). The summed E-state index contributed by atoms with van der Waals surface area (Å²) < 4.78 is 35.5. The zero-order chi connectivity index (χ0) is 20.7. The molecule has 0 radical (unpaired) electrons. The van der Waals surface area contributed by atoms with Crippen molar-refractivity contribution >= 4 is 33.6 Å². The summed E-state index contributed by atoms with van der Waals surface area (Å²) in [6.07, 6.45) is 1.21. The average Bonchev–Trinajstić information content (AvgIpc) is 3.08. The molecule has 0 bridgehead atoms. The van der Waals surface area contributed by atoms with Crippen LogP contribution in [0.3, 0.4) is 0 Å². The summed E-state index contributed by atoms with van der Waals surface area (Å²) in [6, 6.07) is 7.54. The van der Waals surface area contributed by atoms with Gasteiger partial charge in [0.15, 0.2) is 16.9 Å². The van der Waals surface area contributed by atoms with Gasteiger partial charge in [0.05, 0.1) is 22.1 Å². The molecule has 2 heterocycles. The van der Waals surface area contributed by atoms with E-state index in [9.17, 15) is 28.8 Å². The molecule has 0 saturated carbocycles. The number of nitro groups is 1. The van der Waals surface area contributed by atoms with E-state index in [4.69, 9.17) is 4.42 Å². The largest absolute Gasteiger partial charge is 0.478 e. The van der Waals surface area contributed by atoms with Crippen LogP contribution in [-0.4, -0.2) is 32.8 Å². The third-order valence-corrected chi connectivity index (χ3v) is 4.20. The highest BCUT2D eigenvalue weighted by molar-refractivity contribution is 6.19. The minimum atomic E-state index is -3.15. The van der Waals surface area contributed by atoms with Crippen LogP contribution in [0.2, 0.25) is 0 Å². The fraction of sp³-hybridized carbons (Fsp3) is 0.0556. The lowest BCUT2D eigenvalue weighted by Crippen LogP contribution is -2.03. The molecule has 9 nitrogen and oxygen atoms in total. The van der Waals surface area contributed by atoms with Gasteiger partial charge < -0.3 is 14.3 Å². The first-order valence-corrected chi connectivity index (χ1v) is 8.00. The van der Waals surface area contributed by atoms with Crippen LogP contribution in [0.4, 0.5) is 14.5 Å². The topological polar surface area (TPSA) is 129 Å². The molecule has 0 unspecified atom stereocenters. The van der Waals surface area contributed by atoms with Gasteiger partial charge in [0, 0.05) is 23.1 Å². The second-order valence-corrected chi connectivity index (χ2v) is 5.84. The quantitative estimate of drug-likeness (QED) is 0.388. The Morgan fingerprint density at radius 2 is 1.90 bits per heavy atom. The van der Waals surface area contributed by atoms with Gasteiger partial charge in [-0.05, 0) is 24.3 Å². The number of furan rings is 1. The number of carboxylic acid groups (broad SMARTS) is 1. The molecule has 0 atom stereocenters. The van der Waals surface area contributed by atoms with Crippen molar-refractivity contribution < 1.29 is 32.8 Å². The Labute approximate surface area is 159 Å². The summed E-state index contributed by atoms with van der Waals surface area (Å²) in [4.78, 5) is 22.0. The van der Waals surface area contributed by atoms with Gasteiger partial charge in [-0.15, -0.1) is 5.10 Å². The first-order valence-electron chi connectivity index (χ1n) is 8.00. The fourth-order valence-electron chi connectivity index (χ4n) is 3.02. The number of rotatable bonds is 5. The molecule has 0 spiro atoms. The fourth-order valence-corrected chi connectivity index (χ4v) is 3.02. The minimum absolute atomic E-state index is 0.00824. The Hall–Kier alpha value is -4.15. The smallest absolute Gasteiger partial charge is 0.387 e. The molecule has 4 rings (SSSR count). The Bertz CT molecular complexity index is 1270. The number of carboxylic acids is 1. The van der Waals surface area contributed by atoms with Crippen molar-refractivity contribution in [3.8, 4) is 17.0 Å². The number of fused-ring (bicyclic) bond motifs is 3. The van der Waals surface area contributed by atoms with Gasteiger partial charge in [-0.3, -0.25) is 10.1 Å². The Kier molecular flexibility index (Phi) is 4.26. The highest BCUT2D eigenvalue weighted by Gasteiger charge is 2.24. The van der Waals surface area contributed by atoms with Crippen molar-refractivity contribution in [2.24, 2.45) is 0 Å². The van der Waals surface area contributed by atoms with Crippen molar-refractivity contribution in [1.29, 1.82) is 0 Å². The van der Waals surface area contributed by atoms with E-state index in [0.717, 1.165) is 12.1 Å². The summed E-state index contributed by atoms with van der Waals surface area (Å²) >= 11 is 0. The summed E-state index contributed by atoms with van der Waals surface area (Å²) in [5, 5.41) is 28.4. The SMILES string of the molecule is O=C(O)c1ccc(OC(F)F)c2oc3cnnc(-c4ccc([N+](=O)[O-])cc4)c3c12. The van der Waals surface area contributed by atoms with Gasteiger partial charge >= 0.3 is 12.6 Å². The van der Waals surface area contributed by atoms with Crippen molar-refractivity contribution in [3.63, 3.8) is 0 Å². The van der Waals surface area contributed by atoms with Gasteiger partial charge in [0.2, 0.25) is 0 Å². The zero-order valence-corrected chi connectivity index (χ0v) is 14.2. The van der Waals surface area contributed by atoms with Crippen molar-refractivity contribution in [3.05, 3.63) is 58.3 Å². The Morgan fingerprint density at radius 3 is 2.52 bits per heavy atom. The molecule has 0 amide bonds. The Balaban J connectivity index is 2.05. The number of nitro benzene ring substituents is 1. The van der Waals surface area contributed by atoms with E-state index in [1.54, 1.807) is 0 Å². The minimum Gasteiger partial charge on any atom is -0.478 e. The van der Waals surface area contributed by atoms with E-state index in [1.807, 2.05) is 0 Å². The average molecular weight is 401 g/mol. The molecule has 2 aromatic carbocycles. The van der Waals surface area contributed by atoms with Gasteiger partial charge in [-0.2, -0.15) is 13.9 Å². The molecular weight excluding hydrogens is 392 g/mol. The normalized spacial score (nSPS) is 11.3. The molecule has 29 heavy (non-hydrogen) atoms. The van der Waals surface area contributed by atoms with Crippen molar-refractivity contribution in [2.75, 3.05) is 0 Å². The van der Waals surface area contributed by atoms with Crippen LogP contribution in [0, 0.1) is 10.1 Å². The second-order valence-electron chi connectivity index (χ2n) is 5.84. The van der Waals surface area contributed by atoms with Crippen LogP contribution in [0.15, 0.2) is 47.0 Å². The number of benzene rings is 2. The molecule has 0 saturated heterocycles. The summed E-state index contributed by atoms with van der Waals surface area (Å²) in [5.74, 6) is -1.65. The van der Waals surface area contributed by atoms with E-state index in [-0.39, 0.29) is 44.6 Å². The highest BCUT2D eigenvalue weighted by Crippen LogP contribution is 2.41. The van der Waals surface area contributed by atoms with Crippen LogP contribution in [0.5, 0.6) is 5.75 Å². The zero-order valence-electron chi connectivity index (χ0n) is 14.2. The highest BCUT2D eigenvalue weighted by atomic mass is 19.3. The molecule has 11 heteroatoms. The van der Waals surface area contributed by atoms with Gasteiger partial charge in [0.25, 0.3) is 5.69 Å². The van der Waals surface area contributed by atoms with Gasteiger partial charge in [-0.1, -0.05) is 0 Å². The molecule has 0 aliphatic carbocycles. The first-order chi connectivity index (χ1) is 13.9. The van der Waals surface area contributed by atoms with Crippen LogP contribution in [0.25, 0.3) is 33.2 Å². The van der Waals surface area contributed by atoms with E-state index >= 15 is 0 Å². The monoisotopic (exact) mass is 401 g/mol. The molecule has 4 aromatic rings. The van der Waals surface area contributed by atoms with E-state index < -0.39 is 17.5 Å². The maximum Gasteiger partial charge on any atom is 0.387 e. The number of ether oxygens (including phenoxy) is 1. The number of nitrogens with zero attached hydrogens (tertiary/aromatic N) is 3. The third kappa shape index (κ3) is 3.08. The van der Waals surface area contributed by atoms with Crippen LogP contribution in [0.1, 0.15) is 10.4 Å². The van der Waals surface area contributed by atoms with Gasteiger partial charge in [-0.25, -0.2) is 4.79 Å². The summed E-state index contributed by atoms with van der Waals surface area (Å²) in [6.45, 7) is -3.15. The second kappa shape index (κ2) is 6.78. The number of aromatic carboxylic acids is 1. The predicted molar refractivity (Wildman–Crippen MR) is 95.0 cm³/mol. The number of hydrogen-bond donors (Lipinski definition) is 1. The summed E-state index contributed by atoms with van der Waals surface area (Å²) in [7, 11) is 0. The number of carbonyl (C=O) groups is 1. The number of alkyl halides is 2. The lowest BCUT2D eigenvalue weighted by Gasteiger charge is -2.06. The number of halogens is 2. The lowest BCUT2D eigenvalue weighted by molar-refractivity contribution is -0.384. The van der Waals surface area contributed by atoms with Crippen LogP contribution < -0.4 is 4.74 Å². The van der Waals surface area contributed by atoms with Crippen molar-refractivity contribution in [1.82, 2.24) is 10.2 Å². The molecule has 0 aliphatic rings. The maximum absolute atomic E-state index is 12.8. The van der Waals surface area contributed by atoms with E-state index in [1.165, 1.54) is 30.5 Å². The van der Waals surface area contributed by atoms with E-state index in [0.29, 0.717) is 5.56 Å². The molecule has 146 valence electrons. The third-order valence-electron chi connectivity index (χ3n) is 4.20. The number of hydrogen-bond acceptors (Lipinski definition) is 7. The summed E-state index contributed by atoms with van der Waals surface area (Å²) in [5.41, 5.74) is 0.108.